The number of nitrogens with zero attached hydrogens (tertiary/aromatic N) is 1. The Bertz CT molecular complexity index is 442. The molecule has 106 valence electrons. The summed E-state index contributed by atoms with van der Waals surface area (Å²) in [6.45, 7) is 5.97. The van der Waals surface area contributed by atoms with Crippen molar-refractivity contribution in [1.29, 1.82) is 0 Å². The van der Waals surface area contributed by atoms with Gasteiger partial charge in [0.25, 0.3) is 5.91 Å². The topological polar surface area (TPSA) is 32.3 Å². The van der Waals surface area contributed by atoms with Crippen molar-refractivity contribution in [3.63, 3.8) is 0 Å². The molecule has 0 aromatic carbocycles. The van der Waals surface area contributed by atoms with Crippen molar-refractivity contribution in [3.05, 3.63) is 19.2 Å². The fourth-order valence-corrected chi connectivity index (χ4v) is 5.12. The van der Waals surface area contributed by atoms with Crippen LogP contribution < -0.4 is 5.32 Å². The van der Waals surface area contributed by atoms with E-state index >= 15 is 0 Å². The molecule has 6 heteroatoms. The molecule has 1 aliphatic heterocycles. The van der Waals surface area contributed by atoms with Gasteiger partial charge in [0.2, 0.25) is 0 Å². The van der Waals surface area contributed by atoms with E-state index in [1.54, 1.807) is 11.3 Å². The number of hydrogen-bond donors (Lipinski definition) is 1. The van der Waals surface area contributed by atoms with Crippen LogP contribution in [0.5, 0.6) is 0 Å². The zero-order valence-corrected chi connectivity index (χ0v) is 14.9. The highest BCUT2D eigenvalue weighted by Crippen LogP contribution is 2.33. The number of thiophene rings is 1. The van der Waals surface area contributed by atoms with Crippen LogP contribution in [-0.2, 0) is 0 Å². The van der Waals surface area contributed by atoms with Crippen LogP contribution in [0.4, 0.5) is 0 Å². The SMILES string of the molecule is CCNCC1CCN(C(=O)c2cc(Br)sc2Br)CC1. The first kappa shape index (κ1) is 15.5. The number of nitrogens with one attached hydrogen (secondary N) is 1. The molecular weight excluding hydrogens is 392 g/mol. The largest absolute Gasteiger partial charge is 0.339 e. The van der Waals surface area contributed by atoms with Gasteiger partial charge in [-0.2, -0.15) is 0 Å². The Hall–Kier alpha value is 0.0900. The second-order valence-electron chi connectivity index (χ2n) is 4.78. The molecule has 1 fully saturated rings. The maximum absolute atomic E-state index is 12.4. The van der Waals surface area contributed by atoms with Gasteiger partial charge in [-0.25, -0.2) is 0 Å². The molecule has 2 rings (SSSR count). The predicted octanol–water partition coefficient (Wildman–Crippen LogP) is 3.73. The van der Waals surface area contributed by atoms with E-state index in [4.69, 9.17) is 0 Å². The fourth-order valence-electron chi connectivity index (χ4n) is 2.35. The first-order valence-electron chi connectivity index (χ1n) is 6.56. The summed E-state index contributed by atoms with van der Waals surface area (Å²) < 4.78 is 1.91. The third-order valence-corrected chi connectivity index (χ3v) is 5.81. The highest BCUT2D eigenvalue weighted by atomic mass is 79.9. The third kappa shape index (κ3) is 4.03. The van der Waals surface area contributed by atoms with Gasteiger partial charge in [0, 0.05) is 13.1 Å². The summed E-state index contributed by atoms with van der Waals surface area (Å²) in [5.74, 6) is 0.859. The molecule has 0 aliphatic carbocycles. The van der Waals surface area contributed by atoms with E-state index in [1.165, 1.54) is 0 Å². The average Bonchev–Trinajstić information content (AvgIpc) is 2.75. The summed E-state index contributed by atoms with van der Waals surface area (Å²) in [4.78, 5) is 14.4. The highest BCUT2D eigenvalue weighted by molar-refractivity contribution is 9.12. The molecule has 1 aromatic heterocycles. The van der Waals surface area contributed by atoms with Gasteiger partial charge < -0.3 is 10.2 Å². The zero-order valence-electron chi connectivity index (χ0n) is 10.9. The Morgan fingerprint density at radius 2 is 2.16 bits per heavy atom. The smallest absolute Gasteiger partial charge is 0.255 e. The number of carbonyl (C=O) groups excluding carboxylic acids is 1. The van der Waals surface area contributed by atoms with E-state index in [9.17, 15) is 4.79 Å². The van der Waals surface area contributed by atoms with Crippen LogP contribution in [-0.4, -0.2) is 37.0 Å². The van der Waals surface area contributed by atoms with Crippen LogP contribution in [0.15, 0.2) is 13.6 Å². The second-order valence-corrected chi connectivity index (χ2v) is 8.53. The third-order valence-electron chi connectivity index (χ3n) is 3.47. The molecule has 0 saturated carbocycles. The van der Waals surface area contributed by atoms with Crippen molar-refractivity contribution < 1.29 is 4.79 Å². The van der Waals surface area contributed by atoms with Crippen molar-refractivity contribution in [1.82, 2.24) is 10.2 Å². The molecule has 0 radical (unpaired) electrons. The molecule has 1 aromatic rings. The normalized spacial score (nSPS) is 16.9. The van der Waals surface area contributed by atoms with E-state index in [1.807, 2.05) is 11.0 Å². The van der Waals surface area contributed by atoms with Crippen molar-refractivity contribution in [2.45, 2.75) is 19.8 Å². The molecule has 19 heavy (non-hydrogen) atoms. The quantitative estimate of drug-likeness (QED) is 0.821. The van der Waals surface area contributed by atoms with Gasteiger partial charge in [-0.05, 0) is 69.8 Å². The van der Waals surface area contributed by atoms with Crippen molar-refractivity contribution in [2.24, 2.45) is 5.92 Å². The molecule has 0 unspecified atom stereocenters. The van der Waals surface area contributed by atoms with Crippen LogP contribution >= 0.6 is 43.2 Å². The minimum Gasteiger partial charge on any atom is -0.339 e. The number of amides is 1. The van der Waals surface area contributed by atoms with Crippen LogP contribution in [0.3, 0.4) is 0 Å². The number of likely N-dealkylation sites (tertiary alicyclic amines) is 1. The van der Waals surface area contributed by atoms with Crippen molar-refractivity contribution in [2.75, 3.05) is 26.2 Å². The van der Waals surface area contributed by atoms with Crippen LogP contribution in [0, 0.1) is 5.92 Å². The minimum atomic E-state index is 0.149. The van der Waals surface area contributed by atoms with Gasteiger partial charge in [-0.3, -0.25) is 4.79 Å². The highest BCUT2D eigenvalue weighted by Gasteiger charge is 2.25. The lowest BCUT2D eigenvalue weighted by Crippen LogP contribution is -2.40. The molecule has 2 heterocycles. The summed E-state index contributed by atoms with van der Waals surface area (Å²) in [6.07, 6.45) is 2.20. The average molecular weight is 410 g/mol. The summed E-state index contributed by atoms with van der Waals surface area (Å²) in [6, 6.07) is 1.90. The number of rotatable bonds is 4. The van der Waals surface area contributed by atoms with Crippen LogP contribution in [0.2, 0.25) is 0 Å². The number of hydrogen-bond acceptors (Lipinski definition) is 3. The minimum absolute atomic E-state index is 0.149. The summed E-state index contributed by atoms with van der Waals surface area (Å²) in [5, 5.41) is 3.39. The molecule has 0 spiro atoms. The van der Waals surface area contributed by atoms with E-state index in [0.29, 0.717) is 5.92 Å². The molecule has 1 saturated heterocycles. The van der Waals surface area contributed by atoms with Gasteiger partial charge in [0.1, 0.15) is 0 Å². The number of carbonyl (C=O) groups is 1. The summed E-state index contributed by atoms with van der Waals surface area (Å²) >= 11 is 8.43. The summed E-state index contributed by atoms with van der Waals surface area (Å²) in [5.41, 5.74) is 0.780. The van der Waals surface area contributed by atoms with Crippen LogP contribution in [0.25, 0.3) is 0 Å². The Balaban J connectivity index is 1.91. The second kappa shape index (κ2) is 7.20. The lowest BCUT2D eigenvalue weighted by Gasteiger charge is -2.32. The first-order chi connectivity index (χ1) is 9.11. The first-order valence-corrected chi connectivity index (χ1v) is 8.97. The Morgan fingerprint density at radius 3 is 2.68 bits per heavy atom. The maximum Gasteiger partial charge on any atom is 0.255 e. The van der Waals surface area contributed by atoms with Crippen LogP contribution in [0.1, 0.15) is 30.1 Å². The Morgan fingerprint density at radius 1 is 1.47 bits per heavy atom. The van der Waals surface area contributed by atoms with Crippen molar-refractivity contribution in [3.8, 4) is 0 Å². The molecule has 1 amide bonds. The fraction of sp³-hybridized carbons (Fsp3) is 0.615. The number of halogens is 2. The molecule has 3 nitrogen and oxygen atoms in total. The van der Waals surface area contributed by atoms with Gasteiger partial charge in [0.15, 0.2) is 0 Å². The maximum atomic E-state index is 12.4. The van der Waals surface area contributed by atoms with Gasteiger partial charge in [0.05, 0.1) is 13.1 Å². The van der Waals surface area contributed by atoms with Gasteiger partial charge >= 0.3 is 0 Å². The van der Waals surface area contributed by atoms with Gasteiger partial charge in [-0.15, -0.1) is 11.3 Å². The van der Waals surface area contributed by atoms with E-state index < -0.39 is 0 Å². The predicted molar refractivity (Wildman–Crippen MR) is 86.9 cm³/mol. The molecule has 1 N–H and O–H groups in total. The zero-order chi connectivity index (χ0) is 13.8. The standard InChI is InChI=1S/C13H18Br2N2OS/c1-2-16-8-9-3-5-17(6-4-9)13(18)10-7-11(14)19-12(10)15/h7,9,16H,2-6,8H2,1H3. The Kier molecular flexibility index (Phi) is 5.87. The molecule has 1 aliphatic rings. The molecule has 0 bridgehead atoms. The Labute approximate surface area is 135 Å². The summed E-state index contributed by atoms with van der Waals surface area (Å²) in [7, 11) is 0. The number of piperidine rings is 1. The lowest BCUT2D eigenvalue weighted by atomic mass is 9.96. The van der Waals surface area contributed by atoms with E-state index in [2.05, 4.69) is 44.1 Å². The molecular formula is C13H18Br2N2OS. The molecule has 0 atom stereocenters. The lowest BCUT2D eigenvalue weighted by molar-refractivity contribution is 0.0690. The van der Waals surface area contributed by atoms with E-state index in [-0.39, 0.29) is 5.91 Å². The monoisotopic (exact) mass is 408 g/mol. The van der Waals surface area contributed by atoms with Crippen molar-refractivity contribution >= 4 is 49.1 Å². The van der Waals surface area contributed by atoms with Gasteiger partial charge in [-0.1, -0.05) is 6.92 Å². The van der Waals surface area contributed by atoms with E-state index in [0.717, 1.165) is 52.2 Å².